The SMILES string of the molecule is CCOc1ccccc1[C@@H]1C(C(=O)OCCOC)=C(C)NC2=C1C(=O)C[C@H](c1ccc(OC)c(OC)c1)C2. The second-order valence-corrected chi connectivity index (χ2v) is 9.23. The number of methoxy groups -OCH3 is 3. The predicted molar refractivity (Wildman–Crippen MR) is 143 cm³/mol. The van der Waals surface area contributed by atoms with Crippen LogP contribution in [0.25, 0.3) is 0 Å². The van der Waals surface area contributed by atoms with Crippen molar-refractivity contribution in [1.82, 2.24) is 5.32 Å². The van der Waals surface area contributed by atoms with Crippen LogP contribution in [0.5, 0.6) is 17.2 Å². The molecule has 0 amide bonds. The lowest BCUT2D eigenvalue weighted by Crippen LogP contribution is -2.36. The smallest absolute Gasteiger partial charge is 0.336 e. The van der Waals surface area contributed by atoms with Crippen LogP contribution in [0.1, 0.15) is 49.7 Å². The molecule has 2 aromatic carbocycles. The zero-order valence-electron chi connectivity index (χ0n) is 22.6. The van der Waals surface area contributed by atoms with Gasteiger partial charge >= 0.3 is 5.97 Å². The van der Waals surface area contributed by atoms with Gasteiger partial charge < -0.3 is 29.0 Å². The Kier molecular flexibility index (Phi) is 8.73. The number of benzene rings is 2. The Bertz CT molecular complexity index is 1260. The van der Waals surface area contributed by atoms with Crippen LogP contribution in [0.2, 0.25) is 0 Å². The topological polar surface area (TPSA) is 92.3 Å². The number of carbonyl (C=O) groups is 2. The van der Waals surface area contributed by atoms with Crippen molar-refractivity contribution < 1.29 is 33.3 Å². The van der Waals surface area contributed by atoms with Gasteiger partial charge in [-0.25, -0.2) is 4.79 Å². The van der Waals surface area contributed by atoms with Crippen molar-refractivity contribution in [3.63, 3.8) is 0 Å². The van der Waals surface area contributed by atoms with Crippen molar-refractivity contribution in [1.29, 1.82) is 0 Å². The number of hydrogen-bond donors (Lipinski definition) is 1. The van der Waals surface area contributed by atoms with Crippen molar-refractivity contribution in [3.8, 4) is 17.2 Å². The van der Waals surface area contributed by atoms with Crippen molar-refractivity contribution in [2.75, 3.05) is 41.2 Å². The van der Waals surface area contributed by atoms with Crippen molar-refractivity contribution in [2.45, 2.75) is 38.5 Å². The molecule has 2 aromatic rings. The van der Waals surface area contributed by atoms with Gasteiger partial charge in [0.05, 0.1) is 38.9 Å². The number of carbonyl (C=O) groups excluding carboxylic acids is 2. The van der Waals surface area contributed by atoms with Gasteiger partial charge in [-0.3, -0.25) is 4.79 Å². The average Bonchev–Trinajstić information content (AvgIpc) is 2.92. The number of para-hydroxylation sites is 1. The Morgan fingerprint density at radius 3 is 2.45 bits per heavy atom. The number of esters is 1. The molecular weight excluding hydrogens is 486 g/mol. The zero-order valence-corrected chi connectivity index (χ0v) is 22.6. The van der Waals surface area contributed by atoms with E-state index in [4.69, 9.17) is 23.7 Å². The molecule has 38 heavy (non-hydrogen) atoms. The molecular formula is C30H35NO7. The van der Waals surface area contributed by atoms with Crippen LogP contribution >= 0.6 is 0 Å². The van der Waals surface area contributed by atoms with E-state index in [0.717, 1.165) is 16.8 Å². The van der Waals surface area contributed by atoms with E-state index in [0.29, 0.717) is 53.5 Å². The highest BCUT2D eigenvalue weighted by Gasteiger charge is 2.42. The number of dihydropyridines is 1. The molecule has 2 atom stereocenters. The second-order valence-electron chi connectivity index (χ2n) is 9.23. The third-order valence-corrected chi connectivity index (χ3v) is 6.98. The third kappa shape index (κ3) is 5.41. The molecule has 0 fully saturated rings. The van der Waals surface area contributed by atoms with Crippen molar-refractivity contribution >= 4 is 11.8 Å². The van der Waals surface area contributed by atoms with E-state index in [-0.39, 0.29) is 24.9 Å². The summed E-state index contributed by atoms with van der Waals surface area (Å²) in [7, 11) is 4.74. The van der Waals surface area contributed by atoms with E-state index >= 15 is 0 Å². The highest BCUT2D eigenvalue weighted by atomic mass is 16.6. The molecule has 4 rings (SSSR count). The molecule has 0 saturated carbocycles. The number of allylic oxidation sites excluding steroid dienone is 3. The van der Waals surface area contributed by atoms with Crippen LogP contribution in [0.15, 0.2) is 65.0 Å². The summed E-state index contributed by atoms with van der Waals surface area (Å²) in [6.45, 7) is 4.61. The monoisotopic (exact) mass is 521 g/mol. The molecule has 0 saturated heterocycles. The van der Waals surface area contributed by atoms with E-state index in [2.05, 4.69) is 5.32 Å². The first-order chi connectivity index (χ1) is 18.4. The molecule has 8 nitrogen and oxygen atoms in total. The van der Waals surface area contributed by atoms with Gasteiger partial charge in [-0.1, -0.05) is 24.3 Å². The van der Waals surface area contributed by atoms with Gasteiger partial charge in [0.15, 0.2) is 17.3 Å². The van der Waals surface area contributed by atoms with Crippen LogP contribution < -0.4 is 19.5 Å². The number of ether oxygens (including phenoxy) is 5. The summed E-state index contributed by atoms with van der Waals surface area (Å²) < 4.78 is 27.4. The van der Waals surface area contributed by atoms with Crippen molar-refractivity contribution in [2.24, 2.45) is 0 Å². The third-order valence-electron chi connectivity index (χ3n) is 6.98. The first-order valence-corrected chi connectivity index (χ1v) is 12.8. The molecule has 8 heteroatoms. The van der Waals surface area contributed by atoms with Gasteiger partial charge in [0.2, 0.25) is 0 Å². The van der Waals surface area contributed by atoms with Crippen LogP contribution in [-0.4, -0.2) is 52.9 Å². The molecule has 1 heterocycles. The van der Waals surface area contributed by atoms with Crippen LogP contribution in [0.4, 0.5) is 0 Å². The summed E-state index contributed by atoms with van der Waals surface area (Å²) in [6, 6.07) is 13.3. The summed E-state index contributed by atoms with van der Waals surface area (Å²) in [5.74, 6) is 0.724. The van der Waals surface area contributed by atoms with Crippen LogP contribution in [-0.2, 0) is 19.1 Å². The first kappa shape index (κ1) is 27.3. The van der Waals surface area contributed by atoms with E-state index in [1.54, 1.807) is 21.3 Å². The Hall–Kier alpha value is -3.78. The Labute approximate surface area is 223 Å². The number of nitrogens with one attached hydrogen (secondary N) is 1. The van der Waals surface area contributed by atoms with Gasteiger partial charge in [0.1, 0.15) is 12.4 Å². The van der Waals surface area contributed by atoms with Crippen LogP contribution in [0.3, 0.4) is 0 Å². The lowest BCUT2D eigenvalue weighted by molar-refractivity contribution is -0.140. The summed E-state index contributed by atoms with van der Waals surface area (Å²) in [4.78, 5) is 27.2. The molecule has 0 unspecified atom stereocenters. The Balaban J connectivity index is 1.78. The summed E-state index contributed by atoms with van der Waals surface area (Å²) >= 11 is 0. The van der Waals surface area contributed by atoms with E-state index in [1.165, 1.54) is 0 Å². The lowest BCUT2D eigenvalue weighted by atomic mass is 9.71. The molecule has 0 aromatic heterocycles. The number of hydrogen-bond acceptors (Lipinski definition) is 8. The fourth-order valence-corrected chi connectivity index (χ4v) is 5.26. The van der Waals surface area contributed by atoms with Crippen LogP contribution in [0, 0.1) is 0 Å². The maximum Gasteiger partial charge on any atom is 0.336 e. The predicted octanol–water partition coefficient (Wildman–Crippen LogP) is 4.65. The molecule has 0 radical (unpaired) electrons. The molecule has 0 spiro atoms. The molecule has 0 bridgehead atoms. The molecule has 1 aliphatic heterocycles. The summed E-state index contributed by atoms with van der Waals surface area (Å²) in [5, 5.41) is 3.38. The molecule has 1 N–H and O–H groups in total. The minimum Gasteiger partial charge on any atom is -0.494 e. The van der Waals surface area contributed by atoms with E-state index in [9.17, 15) is 9.59 Å². The normalized spacial score (nSPS) is 19.0. The summed E-state index contributed by atoms with van der Waals surface area (Å²) in [5.41, 5.74) is 4.20. The molecule has 202 valence electrons. The van der Waals surface area contributed by atoms with E-state index in [1.807, 2.05) is 56.3 Å². The summed E-state index contributed by atoms with van der Waals surface area (Å²) in [6.07, 6.45) is 0.904. The Morgan fingerprint density at radius 1 is 0.974 bits per heavy atom. The van der Waals surface area contributed by atoms with Crippen molar-refractivity contribution in [3.05, 3.63) is 76.1 Å². The number of Topliss-reactive ketones (excluding diaryl/α,β-unsaturated/α-hetero) is 1. The van der Waals surface area contributed by atoms with Gasteiger partial charge in [-0.05, 0) is 49.9 Å². The lowest BCUT2D eigenvalue weighted by Gasteiger charge is -2.37. The largest absolute Gasteiger partial charge is 0.494 e. The highest BCUT2D eigenvalue weighted by Crippen LogP contribution is 2.48. The maximum atomic E-state index is 13.9. The average molecular weight is 522 g/mol. The standard InChI is InChI=1S/C30H35NO7/c1-6-37-24-10-8-7-9-21(24)28-27(30(33)38-14-13-34-3)18(2)31-22-15-20(16-23(32)29(22)28)19-11-12-25(35-4)26(17-19)36-5/h7-12,17,20,28,31H,6,13-16H2,1-5H3/t20-,28-/m1/s1. The minimum absolute atomic E-state index is 0.0236. The fraction of sp³-hybridized carbons (Fsp3) is 0.400. The van der Waals surface area contributed by atoms with E-state index < -0.39 is 11.9 Å². The Morgan fingerprint density at radius 2 is 1.74 bits per heavy atom. The van der Waals surface area contributed by atoms with Gasteiger partial charge in [0, 0.05) is 36.1 Å². The molecule has 2 aliphatic rings. The minimum atomic E-state index is -0.608. The fourth-order valence-electron chi connectivity index (χ4n) is 5.26. The maximum absolute atomic E-state index is 13.9. The number of ketones is 1. The van der Waals surface area contributed by atoms with Gasteiger partial charge in [0.25, 0.3) is 0 Å². The quantitative estimate of drug-likeness (QED) is 0.357. The van der Waals surface area contributed by atoms with Gasteiger partial charge in [-0.2, -0.15) is 0 Å². The van der Waals surface area contributed by atoms with Gasteiger partial charge in [-0.15, -0.1) is 0 Å². The highest BCUT2D eigenvalue weighted by molar-refractivity contribution is 6.04. The molecule has 1 aliphatic carbocycles. The zero-order chi connectivity index (χ0) is 27.2. The number of rotatable bonds is 10. The second kappa shape index (κ2) is 12.2. The first-order valence-electron chi connectivity index (χ1n) is 12.8.